The van der Waals surface area contributed by atoms with Gasteiger partial charge >= 0.3 is 0 Å². The quantitative estimate of drug-likeness (QED) is 0.713. The van der Waals surface area contributed by atoms with E-state index in [1.807, 2.05) is 11.8 Å². The van der Waals surface area contributed by atoms with Crippen molar-refractivity contribution in [1.82, 2.24) is 0 Å². The van der Waals surface area contributed by atoms with E-state index in [2.05, 4.69) is 60.9 Å². The summed E-state index contributed by atoms with van der Waals surface area (Å²) in [6.07, 6.45) is 22.8. The van der Waals surface area contributed by atoms with Gasteiger partial charge in [0.1, 0.15) is 0 Å². The van der Waals surface area contributed by atoms with Crippen molar-refractivity contribution in [3.05, 3.63) is 82.5 Å². The predicted molar refractivity (Wildman–Crippen MR) is 84.1 cm³/mol. The van der Waals surface area contributed by atoms with Gasteiger partial charge in [-0.2, -0.15) is 11.8 Å². The summed E-state index contributed by atoms with van der Waals surface area (Å²) in [5.74, 6) is 2.21. The number of hydrogen-bond acceptors (Lipinski definition) is 1. The van der Waals surface area contributed by atoms with Crippen molar-refractivity contribution in [2.75, 3.05) is 12.0 Å². The molecule has 0 saturated carbocycles. The van der Waals surface area contributed by atoms with E-state index in [1.54, 1.807) is 0 Å². The highest BCUT2D eigenvalue weighted by molar-refractivity contribution is 7.98. The monoisotopic (exact) mass is 264 g/mol. The molecule has 0 aromatic carbocycles. The molecule has 0 N–H and O–H groups in total. The molecule has 0 radical (unpaired) electrons. The zero-order valence-electron chi connectivity index (χ0n) is 11.0. The van der Waals surface area contributed by atoms with Gasteiger partial charge in [0.15, 0.2) is 0 Å². The van der Waals surface area contributed by atoms with Gasteiger partial charge in [-0.3, -0.25) is 0 Å². The summed E-state index contributed by atoms with van der Waals surface area (Å²) in [7, 11) is 0. The van der Waals surface area contributed by atoms with Crippen molar-refractivity contribution in [1.29, 1.82) is 0 Å². The summed E-state index contributed by atoms with van der Waals surface area (Å²) < 4.78 is 0. The molecule has 0 nitrogen and oxygen atoms in total. The number of thioether (sulfide) groups is 1. The van der Waals surface area contributed by atoms with Crippen molar-refractivity contribution >= 4 is 11.8 Å². The molecule has 0 aromatic rings. The maximum Gasteiger partial charge on any atom is 0.0202 e. The number of hydrogen-bond donors (Lipinski definition) is 0. The molecule has 1 heteroatoms. The second-order valence-corrected chi connectivity index (χ2v) is 6.26. The third kappa shape index (κ3) is 1.61. The van der Waals surface area contributed by atoms with Crippen LogP contribution in [0.4, 0.5) is 0 Å². The van der Waals surface area contributed by atoms with E-state index in [1.165, 1.54) is 27.9 Å². The first-order chi connectivity index (χ1) is 9.38. The average molecular weight is 264 g/mol. The summed E-state index contributed by atoms with van der Waals surface area (Å²) in [6.45, 7) is 0. The zero-order chi connectivity index (χ0) is 12.8. The number of allylic oxidation sites excluding steroid dienone is 13. The van der Waals surface area contributed by atoms with Crippen LogP contribution in [0.2, 0.25) is 0 Å². The van der Waals surface area contributed by atoms with E-state index >= 15 is 0 Å². The summed E-state index contributed by atoms with van der Waals surface area (Å²) >= 11 is 1.91. The maximum absolute atomic E-state index is 2.35. The van der Waals surface area contributed by atoms with Crippen molar-refractivity contribution in [2.45, 2.75) is 0 Å². The van der Waals surface area contributed by atoms with Crippen LogP contribution in [0.5, 0.6) is 0 Å². The summed E-state index contributed by atoms with van der Waals surface area (Å²) in [4.78, 5) is 0. The van der Waals surface area contributed by atoms with Crippen molar-refractivity contribution in [3.8, 4) is 0 Å². The maximum atomic E-state index is 2.35. The van der Waals surface area contributed by atoms with Gasteiger partial charge in [0.2, 0.25) is 0 Å². The fourth-order valence-corrected chi connectivity index (χ4v) is 4.13. The lowest BCUT2D eigenvalue weighted by atomic mass is 9.63. The van der Waals surface area contributed by atoms with Crippen molar-refractivity contribution in [2.24, 2.45) is 11.8 Å². The SMILES string of the molecule is CSCC1=C2C=CC3=CC=CC4=CC=C(C=C1)C2C34. The highest BCUT2D eigenvalue weighted by Gasteiger charge is 2.37. The Bertz CT molecular complexity index is 647. The third-order valence-corrected chi connectivity index (χ3v) is 4.99. The molecule has 94 valence electrons. The Kier molecular flexibility index (Phi) is 2.56. The van der Waals surface area contributed by atoms with E-state index in [0.29, 0.717) is 11.8 Å². The molecule has 0 saturated heterocycles. The van der Waals surface area contributed by atoms with Crippen molar-refractivity contribution in [3.63, 3.8) is 0 Å². The molecule has 2 unspecified atom stereocenters. The van der Waals surface area contributed by atoms with E-state index < -0.39 is 0 Å². The molecule has 0 amide bonds. The second kappa shape index (κ2) is 4.28. The molecule has 2 atom stereocenters. The predicted octanol–water partition coefficient (Wildman–Crippen LogP) is 4.38. The van der Waals surface area contributed by atoms with Crippen LogP contribution < -0.4 is 0 Å². The van der Waals surface area contributed by atoms with Gasteiger partial charge in [0, 0.05) is 17.6 Å². The minimum atomic E-state index is 0.548. The molecule has 0 fully saturated rings. The summed E-state index contributed by atoms with van der Waals surface area (Å²) in [6, 6.07) is 0. The van der Waals surface area contributed by atoms with Crippen LogP contribution >= 0.6 is 11.8 Å². The molecule has 19 heavy (non-hydrogen) atoms. The van der Waals surface area contributed by atoms with Gasteiger partial charge in [-0.05, 0) is 34.1 Å². The van der Waals surface area contributed by atoms with Crippen molar-refractivity contribution < 1.29 is 0 Å². The first kappa shape index (κ1) is 11.4. The molecule has 4 aliphatic rings. The number of rotatable bonds is 2. The third-order valence-electron chi connectivity index (χ3n) is 4.39. The molecule has 0 spiro atoms. The van der Waals surface area contributed by atoms with Crippen LogP contribution in [-0.4, -0.2) is 12.0 Å². The van der Waals surface area contributed by atoms with Crippen LogP contribution in [0.3, 0.4) is 0 Å². The first-order valence-corrected chi connectivity index (χ1v) is 8.16. The van der Waals surface area contributed by atoms with Gasteiger partial charge in [0.05, 0.1) is 0 Å². The first-order valence-electron chi connectivity index (χ1n) is 6.76. The van der Waals surface area contributed by atoms with E-state index in [9.17, 15) is 0 Å². The van der Waals surface area contributed by atoms with E-state index in [0.717, 1.165) is 5.75 Å². The van der Waals surface area contributed by atoms with Gasteiger partial charge in [-0.1, -0.05) is 54.7 Å². The normalized spacial score (nSPS) is 29.8. The smallest absolute Gasteiger partial charge is 0.0202 e. The zero-order valence-corrected chi connectivity index (χ0v) is 11.8. The highest BCUT2D eigenvalue weighted by Crippen LogP contribution is 2.49. The van der Waals surface area contributed by atoms with Crippen LogP contribution in [0, 0.1) is 11.8 Å². The van der Waals surface area contributed by atoms with Gasteiger partial charge in [-0.15, -0.1) is 0 Å². The molecule has 0 bridgehead atoms. The van der Waals surface area contributed by atoms with E-state index in [4.69, 9.17) is 0 Å². The highest BCUT2D eigenvalue weighted by atomic mass is 32.2. The van der Waals surface area contributed by atoms with Crippen LogP contribution in [0.25, 0.3) is 0 Å². The Labute approximate surface area is 118 Å². The molecule has 4 aliphatic carbocycles. The molecule has 0 aromatic heterocycles. The van der Waals surface area contributed by atoms with Crippen LogP contribution in [0.15, 0.2) is 82.5 Å². The Balaban J connectivity index is 1.92. The Hall–Kier alpha value is -1.47. The second-order valence-electron chi connectivity index (χ2n) is 5.39. The molecular formula is C18H16S. The topological polar surface area (TPSA) is 0 Å². The minimum absolute atomic E-state index is 0.548. The Morgan fingerprint density at radius 3 is 2.42 bits per heavy atom. The molecule has 4 rings (SSSR count). The standard InChI is InChI=1S/C18H16S/c1-19-11-15-8-7-14-6-5-12-3-2-4-13-9-10-16(15)18(14)17(12)13/h2-10,17-18H,11H2,1H3. The average Bonchev–Trinajstić information content (AvgIpc) is 2.46. The van der Waals surface area contributed by atoms with Crippen LogP contribution in [0.1, 0.15) is 0 Å². The molecule has 0 aliphatic heterocycles. The lowest BCUT2D eigenvalue weighted by Crippen LogP contribution is -2.29. The van der Waals surface area contributed by atoms with E-state index in [-0.39, 0.29) is 0 Å². The molecule has 0 heterocycles. The fraction of sp³-hybridized carbons (Fsp3) is 0.222. The fourth-order valence-electron chi connectivity index (χ4n) is 3.56. The minimum Gasteiger partial charge on any atom is -0.161 e. The summed E-state index contributed by atoms with van der Waals surface area (Å²) in [5.41, 5.74) is 7.44. The lowest BCUT2D eigenvalue weighted by Gasteiger charge is -2.40. The van der Waals surface area contributed by atoms with Crippen LogP contribution in [-0.2, 0) is 0 Å². The largest absolute Gasteiger partial charge is 0.161 e. The molecular weight excluding hydrogens is 248 g/mol. The lowest BCUT2D eigenvalue weighted by molar-refractivity contribution is 0.560. The van der Waals surface area contributed by atoms with Gasteiger partial charge in [0.25, 0.3) is 0 Å². The Morgan fingerprint density at radius 1 is 0.842 bits per heavy atom. The summed E-state index contributed by atoms with van der Waals surface area (Å²) in [5, 5.41) is 0. The van der Waals surface area contributed by atoms with Gasteiger partial charge < -0.3 is 0 Å². The Morgan fingerprint density at radius 2 is 1.58 bits per heavy atom. The van der Waals surface area contributed by atoms with Gasteiger partial charge in [-0.25, -0.2) is 0 Å².